The van der Waals surface area contributed by atoms with Crippen LogP contribution in [0.15, 0.2) is 60.3 Å². The number of anilines is 2. The fraction of sp³-hybridized carbons (Fsp3) is 0. The summed E-state index contributed by atoms with van der Waals surface area (Å²) in [5.41, 5.74) is 0.673. The molecule has 0 bridgehead atoms. The lowest BCUT2D eigenvalue weighted by molar-refractivity contribution is -0.112. The molecule has 0 fully saturated rings. The molecule has 2 aromatic carbocycles. The summed E-state index contributed by atoms with van der Waals surface area (Å²) >= 11 is 5.98. The van der Waals surface area contributed by atoms with Crippen LogP contribution in [0.5, 0.6) is 0 Å². The number of carboxylic acid groups (broad SMARTS) is 1. The second-order valence-electron chi connectivity index (χ2n) is 4.63. The van der Waals surface area contributed by atoms with Gasteiger partial charge in [0.15, 0.2) is 0 Å². The molecule has 0 spiro atoms. The van der Waals surface area contributed by atoms with Crippen molar-refractivity contribution < 1.29 is 14.7 Å². The number of halogens is 1. The first-order valence-electron chi connectivity index (χ1n) is 6.77. The highest BCUT2D eigenvalue weighted by Crippen LogP contribution is 2.20. The van der Waals surface area contributed by atoms with Crippen LogP contribution in [0.2, 0.25) is 5.02 Å². The highest BCUT2D eigenvalue weighted by atomic mass is 35.5. The van der Waals surface area contributed by atoms with E-state index in [9.17, 15) is 9.59 Å². The summed E-state index contributed by atoms with van der Waals surface area (Å²) in [6.45, 7) is 0. The molecule has 0 heterocycles. The molecular formula is C17H12ClN3O3. The molecule has 0 atom stereocenters. The first kappa shape index (κ1) is 17.1. The summed E-state index contributed by atoms with van der Waals surface area (Å²) in [5, 5.41) is 23.8. The van der Waals surface area contributed by atoms with Crippen LogP contribution in [0, 0.1) is 11.3 Å². The Hall–Kier alpha value is -3.30. The number of benzene rings is 2. The molecule has 0 saturated carbocycles. The Morgan fingerprint density at radius 2 is 1.92 bits per heavy atom. The van der Waals surface area contributed by atoms with Crippen molar-refractivity contribution in [3.63, 3.8) is 0 Å². The van der Waals surface area contributed by atoms with Gasteiger partial charge in [-0.05, 0) is 30.3 Å². The number of rotatable bonds is 5. The van der Waals surface area contributed by atoms with E-state index in [4.69, 9.17) is 22.0 Å². The van der Waals surface area contributed by atoms with Gasteiger partial charge in [0.05, 0.1) is 16.3 Å². The van der Waals surface area contributed by atoms with Crippen LogP contribution in [0.25, 0.3) is 0 Å². The molecule has 6 nitrogen and oxygen atoms in total. The molecule has 7 heteroatoms. The monoisotopic (exact) mass is 341 g/mol. The number of nitrogens with one attached hydrogen (secondary N) is 2. The van der Waals surface area contributed by atoms with E-state index in [2.05, 4.69) is 10.6 Å². The van der Waals surface area contributed by atoms with Gasteiger partial charge in [0, 0.05) is 11.9 Å². The SMILES string of the molecule is N#C/C(=C/Nc1ccccc1Cl)C(=O)Nc1cccc(C(=O)O)c1. The van der Waals surface area contributed by atoms with Crippen molar-refractivity contribution in [3.8, 4) is 6.07 Å². The maximum atomic E-state index is 12.1. The molecule has 3 N–H and O–H groups in total. The predicted molar refractivity (Wildman–Crippen MR) is 90.8 cm³/mol. The van der Waals surface area contributed by atoms with Gasteiger partial charge in [-0.3, -0.25) is 4.79 Å². The minimum Gasteiger partial charge on any atom is -0.478 e. The molecule has 0 radical (unpaired) electrons. The number of para-hydroxylation sites is 1. The summed E-state index contributed by atoms with van der Waals surface area (Å²) in [4.78, 5) is 23.0. The molecule has 0 unspecified atom stereocenters. The first-order chi connectivity index (χ1) is 11.5. The fourth-order valence-electron chi connectivity index (χ4n) is 1.81. The van der Waals surface area contributed by atoms with E-state index in [-0.39, 0.29) is 16.8 Å². The summed E-state index contributed by atoms with van der Waals surface area (Å²) in [5.74, 6) is -1.78. The van der Waals surface area contributed by atoms with E-state index in [1.165, 1.54) is 30.5 Å². The molecule has 0 aromatic heterocycles. The number of aromatic carboxylic acids is 1. The lowest BCUT2D eigenvalue weighted by atomic mass is 10.2. The third-order valence-electron chi connectivity index (χ3n) is 2.98. The van der Waals surface area contributed by atoms with E-state index in [0.717, 1.165) is 0 Å². The van der Waals surface area contributed by atoms with Gasteiger partial charge in [0.25, 0.3) is 5.91 Å². The number of carbonyl (C=O) groups is 2. The number of hydrogen-bond acceptors (Lipinski definition) is 4. The Kier molecular flexibility index (Phi) is 5.55. The van der Waals surface area contributed by atoms with Crippen LogP contribution >= 0.6 is 11.6 Å². The van der Waals surface area contributed by atoms with Crippen LogP contribution in [0.3, 0.4) is 0 Å². The average molecular weight is 342 g/mol. The van der Waals surface area contributed by atoms with E-state index in [1.807, 2.05) is 0 Å². The van der Waals surface area contributed by atoms with Gasteiger partial charge in [-0.2, -0.15) is 5.26 Å². The second kappa shape index (κ2) is 7.81. The Morgan fingerprint density at radius 3 is 2.58 bits per heavy atom. The molecule has 0 aliphatic carbocycles. The number of hydrogen-bond donors (Lipinski definition) is 3. The van der Waals surface area contributed by atoms with Crippen LogP contribution in [0.1, 0.15) is 10.4 Å². The van der Waals surface area contributed by atoms with E-state index in [0.29, 0.717) is 10.7 Å². The van der Waals surface area contributed by atoms with Gasteiger partial charge < -0.3 is 15.7 Å². The Morgan fingerprint density at radius 1 is 1.17 bits per heavy atom. The number of amides is 1. The largest absolute Gasteiger partial charge is 0.478 e. The molecule has 0 aliphatic heterocycles. The minimum atomic E-state index is -1.11. The normalized spacial score (nSPS) is 10.6. The van der Waals surface area contributed by atoms with E-state index >= 15 is 0 Å². The van der Waals surface area contributed by atoms with Crippen molar-refractivity contribution in [2.45, 2.75) is 0 Å². The van der Waals surface area contributed by atoms with Crippen molar-refractivity contribution in [1.29, 1.82) is 5.26 Å². The third kappa shape index (κ3) is 4.35. The minimum absolute atomic E-state index is 0.0319. The zero-order chi connectivity index (χ0) is 17.5. The topological polar surface area (TPSA) is 102 Å². The van der Waals surface area contributed by atoms with Crippen molar-refractivity contribution in [2.75, 3.05) is 10.6 Å². The summed E-state index contributed by atoms with van der Waals surface area (Å²) in [7, 11) is 0. The van der Waals surface area contributed by atoms with Crippen molar-refractivity contribution >= 4 is 34.9 Å². The number of carboxylic acids is 1. The molecule has 120 valence electrons. The highest BCUT2D eigenvalue weighted by molar-refractivity contribution is 6.33. The number of nitrogens with zero attached hydrogens (tertiary/aromatic N) is 1. The smallest absolute Gasteiger partial charge is 0.335 e. The van der Waals surface area contributed by atoms with Gasteiger partial charge >= 0.3 is 5.97 Å². The number of nitriles is 1. The highest BCUT2D eigenvalue weighted by Gasteiger charge is 2.11. The second-order valence-corrected chi connectivity index (χ2v) is 5.04. The maximum absolute atomic E-state index is 12.1. The maximum Gasteiger partial charge on any atom is 0.335 e. The first-order valence-corrected chi connectivity index (χ1v) is 7.15. The van der Waals surface area contributed by atoms with E-state index in [1.54, 1.807) is 30.3 Å². The van der Waals surface area contributed by atoms with Crippen LogP contribution < -0.4 is 10.6 Å². The quantitative estimate of drug-likeness (QED) is 0.570. The molecule has 0 saturated heterocycles. The number of carbonyl (C=O) groups excluding carboxylic acids is 1. The van der Waals surface area contributed by atoms with Crippen molar-refractivity contribution in [1.82, 2.24) is 0 Å². The zero-order valence-corrected chi connectivity index (χ0v) is 13.0. The average Bonchev–Trinajstić information content (AvgIpc) is 2.57. The molecule has 24 heavy (non-hydrogen) atoms. The summed E-state index contributed by atoms with van der Waals surface area (Å²) in [6, 6.07) is 14.4. The molecule has 2 aromatic rings. The van der Waals surface area contributed by atoms with Crippen molar-refractivity contribution in [3.05, 3.63) is 70.9 Å². The molecule has 2 rings (SSSR count). The predicted octanol–water partition coefficient (Wildman–Crippen LogP) is 3.50. The van der Waals surface area contributed by atoms with Gasteiger partial charge in [-0.15, -0.1) is 0 Å². The Balaban J connectivity index is 2.13. The van der Waals surface area contributed by atoms with Crippen LogP contribution in [0.4, 0.5) is 11.4 Å². The summed E-state index contributed by atoms with van der Waals surface area (Å²) in [6.07, 6.45) is 1.23. The standard InChI is InChI=1S/C17H12ClN3O3/c18-14-6-1-2-7-15(14)20-10-12(9-19)16(22)21-13-5-3-4-11(8-13)17(23)24/h1-8,10,20H,(H,21,22)(H,23,24)/b12-10-. The Bertz CT molecular complexity index is 856. The zero-order valence-electron chi connectivity index (χ0n) is 12.3. The van der Waals surface area contributed by atoms with Gasteiger partial charge in [0.1, 0.15) is 11.6 Å². The lowest BCUT2D eigenvalue weighted by Crippen LogP contribution is -2.15. The fourth-order valence-corrected chi connectivity index (χ4v) is 2.00. The van der Waals surface area contributed by atoms with Crippen molar-refractivity contribution in [2.24, 2.45) is 0 Å². The summed E-state index contributed by atoms with van der Waals surface area (Å²) < 4.78 is 0. The van der Waals surface area contributed by atoms with Crippen LogP contribution in [-0.4, -0.2) is 17.0 Å². The van der Waals surface area contributed by atoms with Crippen LogP contribution in [-0.2, 0) is 4.79 Å². The molecular weight excluding hydrogens is 330 g/mol. The van der Waals surface area contributed by atoms with E-state index < -0.39 is 11.9 Å². The molecule has 0 aliphatic rings. The van der Waals surface area contributed by atoms with Gasteiger partial charge in [-0.25, -0.2) is 4.79 Å². The molecule has 1 amide bonds. The third-order valence-corrected chi connectivity index (χ3v) is 3.31. The Labute approximate surface area is 143 Å². The van der Waals surface area contributed by atoms with Gasteiger partial charge in [-0.1, -0.05) is 29.8 Å². The lowest BCUT2D eigenvalue weighted by Gasteiger charge is -2.06. The van der Waals surface area contributed by atoms with Gasteiger partial charge in [0.2, 0.25) is 0 Å².